The largest absolute Gasteiger partial charge is 0.416 e. The molecule has 2 aromatic heterocycles. The summed E-state index contributed by atoms with van der Waals surface area (Å²) < 4.78 is 44.1. The first-order valence-corrected chi connectivity index (χ1v) is 8.14. The number of rotatable bonds is 2. The van der Waals surface area contributed by atoms with Crippen LogP contribution < -0.4 is 0 Å². The van der Waals surface area contributed by atoms with E-state index in [9.17, 15) is 13.2 Å². The van der Waals surface area contributed by atoms with Gasteiger partial charge in [0.15, 0.2) is 10.8 Å². The SMILES string of the molecule is Cc1cccc(-c2nnc(-c3nc4ccc(C(F)(F)F)cc4nc3Cl)o2)c1. The zero-order valence-corrected chi connectivity index (χ0v) is 14.5. The molecule has 136 valence electrons. The first kappa shape index (κ1) is 17.4. The quantitative estimate of drug-likeness (QED) is 0.463. The average Bonchev–Trinajstić information content (AvgIpc) is 3.09. The Kier molecular flexibility index (Phi) is 4.07. The van der Waals surface area contributed by atoms with Crippen LogP contribution in [0.1, 0.15) is 11.1 Å². The van der Waals surface area contributed by atoms with Gasteiger partial charge in [0, 0.05) is 5.56 Å². The van der Waals surface area contributed by atoms with Crippen molar-refractivity contribution in [3.8, 4) is 23.0 Å². The van der Waals surface area contributed by atoms with Gasteiger partial charge in [-0.2, -0.15) is 13.2 Å². The molecule has 27 heavy (non-hydrogen) atoms. The summed E-state index contributed by atoms with van der Waals surface area (Å²) in [7, 11) is 0. The highest BCUT2D eigenvalue weighted by Gasteiger charge is 2.31. The van der Waals surface area contributed by atoms with Crippen molar-refractivity contribution in [1.82, 2.24) is 20.2 Å². The molecule has 0 saturated carbocycles. The van der Waals surface area contributed by atoms with E-state index in [2.05, 4.69) is 20.2 Å². The van der Waals surface area contributed by atoms with Gasteiger partial charge in [0.05, 0.1) is 16.6 Å². The van der Waals surface area contributed by atoms with E-state index >= 15 is 0 Å². The van der Waals surface area contributed by atoms with Gasteiger partial charge in [0.25, 0.3) is 5.89 Å². The lowest BCUT2D eigenvalue weighted by molar-refractivity contribution is -0.137. The number of halogens is 4. The average molecular weight is 391 g/mol. The number of nitrogens with zero attached hydrogens (tertiary/aromatic N) is 4. The number of benzene rings is 2. The highest BCUT2D eigenvalue weighted by molar-refractivity contribution is 6.32. The summed E-state index contributed by atoms with van der Waals surface area (Å²) >= 11 is 6.10. The van der Waals surface area contributed by atoms with Crippen LogP contribution in [0, 0.1) is 6.92 Å². The third-order valence-electron chi connectivity index (χ3n) is 3.84. The molecule has 0 fully saturated rings. The number of fused-ring (bicyclic) bond motifs is 1. The smallest absolute Gasteiger partial charge is 0.414 e. The van der Waals surface area contributed by atoms with Crippen LogP contribution in [0.15, 0.2) is 46.9 Å². The van der Waals surface area contributed by atoms with Gasteiger partial charge < -0.3 is 4.42 Å². The molecule has 0 N–H and O–H groups in total. The summed E-state index contributed by atoms with van der Waals surface area (Å²) in [6, 6.07) is 10.5. The summed E-state index contributed by atoms with van der Waals surface area (Å²) in [5.41, 5.74) is 1.29. The summed E-state index contributed by atoms with van der Waals surface area (Å²) in [5.74, 6) is 0.310. The van der Waals surface area contributed by atoms with Crippen LogP contribution >= 0.6 is 11.6 Å². The molecule has 5 nitrogen and oxygen atoms in total. The Balaban J connectivity index is 1.77. The van der Waals surface area contributed by atoms with E-state index < -0.39 is 11.7 Å². The van der Waals surface area contributed by atoms with Crippen LogP contribution in [-0.2, 0) is 6.18 Å². The monoisotopic (exact) mass is 390 g/mol. The Hall–Kier alpha value is -3.00. The van der Waals surface area contributed by atoms with Crippen LogP contribution in [0.3, 0.4) is 0 Å². The maximum absolute atomic E-state index is 12.8. The van der Waals surface area contributed by atoms with Gasteiger partial charge in [0.2, 0.25) is 5.89 Å². The van der Waals surface area contributed by atoms with Gasteiger partial charge in [-0.1, -0.05) is 29.3 Å². The summed E-state index contributed by atoms with van der Waals surface area (Å²) in [6.45, 7) is 1.93. The zero-order chi connectivity index (χ0) is 19.2. The molecule has 0 aliphatic rings. The van der Waals surface area contributed by atoms with Crippen LogP contribution in [-0.4, -0.2) is 20.2 Å². The normalized spacial score (nSPS) is 11.9. The topological polar surface area (TPSA) is 64.7 Å². The van der Waals surface area contributed by atoms with Gasteiger partial charge in [-0.25, -0.2) is 9.97 Å². The molecule has 2 heterocycles. The Bertz CT molecular complexity index is 1160. The second kappa shape index (κ2) is 6.31. The Morgan fingerprint density at radius 2 is 1.70 bits per heavy atom. The molecular weight excluding hydrogens is 381 g/mol. The molecule has 0 saturated heterocycles. The Labute approximate surface area is 155 Å². The fraction of sp³-hybridized carbons (Fsp3) is 0.111. The van der Waals surface area contributed by atoms with E-state index in [1.165, 1.54) is 6.07 Å². The molecule has 0 aliphatic heterocycles. The van der Waals surface area contributed by atoms with Crippen molar-refractivity contribution >= 4 is 22.6 Å². The Morgan fingerprint density at radius 3 is 2.44 bits per heavy atom. The molecule has 0 spiro atoms. The van der Waals surface area contributed by atoms with Crippen molar-refractivity contribution in [2.24, 2.45) is 0 Å². The highest BCUT2D eigenvalue weighted by Crippen LogP contribution is 2.33. The molecule has 0 unspecified atom stereocenters. The number of alkyl halides is 3. The first-order valence-electron chi connectivity index (χ1n) is 7.77. The van der Waals surface area contributed by atoms with Crippen LogP contribution in [0.5, 0.6) is 0 Å². The predicted molar refractivity (Wildman–Crippen MR) is 93.0 cm³/mol. The molecule has 0 amide bonds. The van der Waals surface area contributed by atoms with Gasteiger partial charge >= 0.3 is 6.18 Å². The van der Waals surface area contributed by atoms with Gasteiger partial charge in [-0.15, -0.1) is 10.2 Å². The maximum Gasteiger partial charge on any atom is 0.416 e. The standard InChI is InChI=1S/C18H10ClF3N4O/c1-9-3-2-4-10(7-9)16-25-26-17(27-16)14-15(19)24-13-8-11(18(20,21)22)5-6-12(13)23-14/h2-8H,1H3. The third-order valence-corrected chi connectivity index (χ3v) is 4.11. The zero-order valence-electron chi connectivity index (χ0n) is 13.8. The lowest BCUT2D eigenvalue weighted by Gasteiger charge is -2.07. The lowest BCUT2D eigenvalue weighted by Crippen LogP contribution is -2.05. The van der Waals surface area contributed by atoms with Crippen LogP contribution in [0.25, 0.3) is 34.1 Å². The van der Waals surface area contributed by atoms with Crippen molar-refractivity contribution in [3.05, 3.63) is 58.7 Å². The van der Waals surface area contributed by atoms with Crippen LogP contribution in [0.2, 0.25) is 5.15 Å². The molecule has 0 bridgehead atoms. The van der Waals surface area contributed by atoms with E-state index in [-0.39, 0.29) is 33.7 Å². The van der Waals surface area contributed by atoms with Crippen molar-refractivity contribution in [2.75, 3.05) is 0 Å². The lowest BCUT2D eigenvalue weighted by atomic mass is 10.1. The molecule has 4 aromatic rings. The fourth-order valence-electron chi connectivity index (χ4n) is 2.56. The number of hydrogen-bond acceptors (Lipinski definition) is 5. The van der Waals surface area contributed by atoms with Crippen molar-refractivity contribution in [1.29, 1.82) is 0 Å². The highest BCUT2D eigenvalue weighted by atomic mass is 35.5. The number of aryl methyl sites for hydroxylation is 1. The second-order valence-corrected chi connectivity index (χ2v) is 6.20. The number of aromatic nitrogens is 4. The van der Waals surface area contributed by atoms with Crippen molar-refractivity contribution in [2.45, 2.75) is 13.1 Å². The summed E-state index contributed by atoms with van der Waals surface area (Å²) in [5, 5.41) is 7.79. The summed E-state index contributed by atoms with van der Waals surface area (Å²) in [6.07, 6.45) is -4.48. The molecule has 4 rings (SSSR count). The van der Waals surface area contributed by atoms with E-state index in [1.807, 2.05) is 31.2 Å². The van der Waals surface area contributed by atoms with Crippen LogP contribution in [0.4, 0.5) is 13.2 Å². The van der Waals surface area contributed by atoms with E-state index in [0.717, 1.165) is 23.3 Å². The van der Waals surface area contributed by atoms with Crippen molar-refractivity contribution < 1.29 is 17.6 Å². The van der Waals surface area contributed by atoms with E-state index in [0.29, 0.717) is 0 Å². The molecule has 0 radical (unpaired) electrons. The molecule has 2 aromatic carbocycles. The van der Waals surface area contributed by atoms with Gasteiger partial charge in [-0.05, 0) is 37.3 Å². The predicted octanol–water partition coefficient (Wildman–Crippen LogP) is 5.33. The third kappa shape index (κ3) is 3.35. The minimum atomic E-state index is -4.48. The second-order valence-electron chi connectivity index (χ2n) is 5.85. The molecule has 0 atom stereocenters. The maximum atomic E-state index is 12.8. The number of hydrogen-bond donors (Lipinski definition) is 0. The van der Waals surface area contributed by atoms with Gasteiger partial charge in [-0.3, -0.25) is 0 Å². The van der Waals surface area contributed by atoms with E-state index in [4.69, 9.17) is 16.0 Å². The molecular formula is C18H10ClF3N4O. The fourth-order valence-corrected chi connectivity index (χ4v) is 2.77. The minimum Gasteiger partial charge on any atom is -0.414 e. The Morgan fingerprint density at radius 1 is 0.926 bits per heavy atom. The summed E-state index contributed by atoms with van der Waals surface area (Å²) in [4.78, 5) is 8.23. The van der Waals surface area contributed by atoms with Crippen molar-refractivity contribution in [3.63, 3.8) is 0 Å². The molecule has 0 aliphatic carbocycles. The van der Waals surface area contributed by atoms with Gasteiger partial charge in [0.1, 0.15) is 0 Å². The molecule has 9 heteroatoms. The first-order chi connectivity index (χ1) is 12.8. The minimum absolute atomic E-state index is 0.0250. The van der Waals surface area contributed by atoms with E-state index in [1.54, 1.807) is 0 Å².